The Bertz CT molecular complexity index is 422. The van der Waals surface area contributed by atoms with Gasteiger partial charge in [-0.05, 0) is 12.1 Å². The summed E-state index contributed by atoms with van der Waals surface area (Å²) in [4.78, 5) is 0. The average Bonchev–Trinajstić information content (AvgIpc) is 2.51. The number of aromatic nitrogens is 2. The first kappa shape index (κ1) is 8.19. The summed E-state index contributed by atoms with van der Waals surface area (Å²) in [6.07, 6.45) is 1.53. The molecule has 0 spiro atoms. The lowest BCUT2D eigenvalue weighted by Gasteiger charge is -1.99. The lowest BCUT2D eigenvalue weighted by Crippen LogP contribution is -2.10. The monoisotopic (exact) mass is 179 g/mol. The van der Waals surface area contributed by atoms with Crippen molar-refractivity contribution in [1.29, 1.82) is 0 Å². The van der Waals surface area contributed by atoms with Gasteiger partial charge in [-0.15, -0.1) is 0 Å². The molecule has 0 radical (unpaired) electrons. The van der Waals surface area contributed by atoms with Gasteiger partial charge < -0.3 is 5.73 Å². The summed E-state index contributed by atoms with van der Waals surface area (Å²) in [6, 6.07) is 4.93. The molecule has 1 aromatic carbocycles. The van der Waals surface area contributed by atoms with Crippen molar-refractivity contribution in [2.24, 2.45) is 5.73 Å². The maximum Gasteiger partial charge on any atom is 0.134 e. The van der Waals surface area contributed by atoms with Crippen LogP contribution in [-0.2, 0) is 6.54 Å². The van der Waals surface area contributed by atoms with Crippen LogP contribution in [0.3, 0.4) is 0 Å². The molecule has 2 N–H and O–H groups in total. The van der Waals surface area contributed by atoms with Gasteiger partial charge in [0.05, 0.1) is 23.6 Å². The molecule has 13 heavy (non-hydrogen) atoms. The minimum Gasteiger partial charge on any atom is -0.329 e. The molecule has 2 rings (SSSR count). The van der Waals surface area contributed by atoms with Crippen molar-refractivity contribution in [3.63, 3.8) is 0 Å². The van der Waals surface area contributed by atoms with Gasteiger partial charge in [0.25, 0.3) is 0 Å². The number of hydrogen-bond acceptors (Lipinski definition) is 2. The summed E-state index contributed by atoms with van der Waals surface area (Å²) in [6.45, 7) is 1.13. The predicted molar refractivity (Wildman–Crippen MR) is 48.7 cm³/mol. The lowest BCUT2D eigenvalue weighted by atomic mass is 10.2. The van der Waals surface area contributed by atoms with Gasteiger partial charge in [-0.2, -0.15) is 5.10 Å². The number of benzene rings is 1. The molecular formula is C9H10FN3. The molecule has 0 atom stereocenters. The molecule has 1 aromatic heterocycles. The molecule has 0 aliphatic rings. The molecule has 2 aromatic rings. The summed E-state index contributed by atoms with van der Waals surface area (Å²) >= 11 is 0. The Hall–Kier alpha value is -1.42. The van der Waals surface area contributed by atoms with Gasteiger partial charge in [-0.3, -0.25) is 4.68 Å². The van der Waals surface area contributed by atoms with E-state index in [4.69, 9.17) is 5.73 Å². The van der Waals surface area contributed by atoms with Crippen LogP contribution in [0.4, 0.5) is 4.39 Å². The van der Waals surface area contributed by atoms with Gasteiger partial charge >= 0.3 is 0 Å². The summed E-state index contributed by atoms with van der Waals surface area (Å²) < 4.78 is 14.9. The minimum atomic E-state index is -0.235. The first-order valence-electron chi connectivity index (χ1n) is 4.13. The quantitative estimate of drug-likeness (QED) is 0.751. The topological polar surface area (TPSA) is 43.8 Å². The number of halogens is 1. The third-order valence-electron chi connectivity index (χ3n) is 1.98. The van der Waals surface area contributed by atoms with E-state index in [0.29, 0.717) is 18.5 Å². The highest BCUT2D eigenvalue weighted by atomic mass is 19.1. The standard InChI is InChI=1S/C9H10FN3/c10-8-2-1-3-9-7(8)6-12-13(9)5-4-11/h1-3,6H,4-5,11H2. The van der Waals surface area contributed by atoms with Gasteiger partial charge in [0.15, 0.2) is 0 Å². The molecule has 0 saturated carbocycles. The van der Waals surface area contributed by atoms with E-state index in [1.165, 1.54) is 12.3 Å². The Morgan fingerprint density at radius 3 is 3.08 bits per heavy atom. The average molecular weight is 179 g/mol. The molecular weight excluding hydrogens is 169 g/mol. The third kappa shape index (κ3) is 1.29. The first-order chi connectivity index (χ1) is 6.33. The third-order valence-corrected chi connectivity index (χ3v) is 1.98. The summed E-state index contributed by atoms with van der Waals surface area (Å²) in [7, 11) is 0. The SMILES string of the molecule is NCCn1ncc2c(F)cccc21. The second-order valence-electron chi connectivity index (χ2n) is 2.83. The van der Waals surface area contributed by atoms with E-state index in [9.17, 15) is 4.39 Å². The summed E-state index contributed by atoms with van der Waals surface area (Å²) in [5.41, 5.74) is 6.19. The van der Waals surface area contributed by atoms with Crippen molar-refractivity contribution in [2.45, 2.75) is 6.54 Å². The van der Waals surface area contributed by atoms with Crippen LogP contribution in [0.2, 0.25) is 0 Å². The van der Waals surface area contributed by atoms with Crippen LogP contribution in [0.25, 0.3) is 10.9 Å². The molecule has 0 aliphatic heterocycles. The fourth-order valence-corrected chi connectivity index (χ4v) is 1.37. The zero-order valence-electron chi connectivity index (χ0n) is 7.07. The Morgan fingerprint density at radius 1 is 1.46 bits per heavy atom. The van der Waals surface area contributed by atoms with Crippen LogP contribution in [0, 0.1) is 5.82 Å². The first-order valence-corrected chi connectivity index (χ1v) is 4.13. The molecule has 0 aliphatic carbocycles. The zero-order chi connectivity index (χ0) is 9.26. The van der Waals surface area contributed by atoms with E-state index >= 15 is 0 Å². The van der Waals surface area contributed by atoms with Crippen LogP contribution >= 0.6 is 0 Å². The van der Waals surface area contributed by atoms with Gasteiger partial charge in [-0.25, -0.2) is 4.39 Å². The fraction of sp³-hybridized carbons (Fsp3) is 0.222. The van der Waals surface area contributed by atoms with E-state index in [1.54, 1.807) is 10.7 Å². The highest BCUT2D eigenvalue weighted by Gasteiger charge is 2.04. The zero-order valence-corrected chi connectivity index (χ0v) is 7.07. The van der Waals surface area contributed by atoms with Crippen molar-refractivity contribution >= 4 is 10.9 Å². The Kier molecular flexibility index (Phi) is 1.98. The van der Waals surface area contributed by atoms with Crippen LogP contribution < -0.4 is 5.73 Å². The van der Waals surface area contributed by atoms with E-state index in [-0.39, 0.29) is 5.82 Å². The molecule has 1 heterocycles. The smallest absolute Gasteiger partial charge is 0.134 e. The van der Waals surface area contributed by atoms with Crippen molar-refractivity contribution in [3.8, 4) is 0 Å². The normalized spacial score (nSPS) is 10.9. The lowest BCUT2D eigenvalue weighted by molar-refractivity contribution is 0.637. The second-order valence-corrected chi connectivity index (χ2v) is 2.83. The van der Waals surface area contributed by atoms with Crippen LogP contribution in [0.5, 0.6) is 0 Å². The minimum absolute atomic E-state index is 0.235. The molecule has 0 bridgehead atoms. The number of nitrogens with two attached hydrogens (primary N) is 1. The Labute approximate surface area is 75.0 Å². The molecule has 68 valence electrons. The van der Waals surface area contributed by atoms with Gasteiger partial charge in [-0.1, -0.05) is 6.07 Å². The fourth-order valence-electron chi connectivity index (χ4n) is 1.37. The Balaban J connectivity index is 2.61. The maximum absolute atomic E-state index is 13.2. The van der Waals surface area contributed by atoms with Crippen LogP contribution in [-0.4, -0.2) is 16.3 Å². The molecule has 4 heteroatoms. The maximum atomic E-state index is 13.2. The molecule has 3 nitrogen and oxygen atoms in total. The number of rotatable bonds is 2. The van der Waals surface area contributed by atoms with Crippen molar-refractivity contribution in [2.75, 3.05) is 6.54 Å². The van der Waals surface area contributed by atoms with Gasteiger partial charge in [0.1, 0.15) is 5.82 Å². The Morgan fingerprint density at radius 2 is 2.31 bits per heavy atom. The highest BCUT2D eigenvalue weighted by Crippen LogP contribution is 2.16. The number of fused-ring (bicyclic) bond motifs is 1. The number of hydrogen-bond donors (Lipinski definition) is 1. The molecule has 0 amide bonds. The largest absolute Gasteiger partial charge is 0.329 e. The van der Waals surface area contributed by atoms with Crippen LogP contribution in [0.1, 0.15) is 0 Å². The summed E-state index contributed by atoms with van der Waals surface area (Å²) in [5.74, 6) is -0.235. The van der Waals surface area contributed by atoms with E-state index < -0.39 is 0 Å². The van der Waals surface area contributed by atoms with Crippen molar-refractivity contribution < 1.29 is 4.39 Å². The van der Waals surface area contributed by atoms with Crippen LogP contribution in [0.15, 0.2) is 24.4 Å². The summed E-state index contributed by atoms with van der Waals surface area (Å²) in [5, 5.41) is 4.59. The van der Waals surface area contributed by atoms with Gasteiger partial charge in [0.2, 0.25) is 0 Å². The molecule has 0 saturated heterocycles. The van der Waals surface area contributed by atoms with E-state index in [0.717, 1.165) is 5.52 Å². The number of nitrogens with zero attached hydrogens (tertiary/aromatic N) is 2. The molecule has 0 fully saturated rings. The van der Waals surface area contributed by atoms with Crippen molar-refractivity contribution in [3.05, 3.63) is 30.2 Å². The predicted octanol–water partition coefficient (Wildman–Crippen LogP) is 1.13. The second kappa shape index (κ2) is 3.14. The van der Waals surface area contributed by atoms with Gasteiger partial charge in [0, 0.05) is 6.54 Å². The molecule has 0 unspecified atom stereocenters. The van der Waals surface area contributed by atoms with E-state index in [1.807, 2.05) is 6.07 Å². The highest BCUT2D eigenvalue weighted by molar-refractivity contribution is 5.79. The van der Waals surface area contributed by atoms with Crippen molar-refractivity contribution in [1.82, 2.24) is 9.78 Å². The van der Waals surface area contributed by atoms with E-state index in [2.05, 4.69) is 5.10 Å².